The van der Waals surface area contributed by atoms with Crippen molar-refractivity contribution in [2.45, 2.75) is 12.3 Å². The average molecular weight is 284 g/mol. The lowest BCUT2D eigenvalue weighted by molar-refractivity contribution is 0.0729. The van der Waals surface area contributed by atoms with E-state index in [1.54, 1.807) is 0 Å². The standard InChI is InChI=1S/C13H20N2O3S/c1-14-10-12-2-4-13(5-3-12)11-19(16,17)15-6-8-18-9-7-15/h2-5,14H,6-11H2,1H3. The molecule has 0 saturated carbocycles. The molecule has 0 aliphatic carbocycles. The SMILES string of the molecule is CNCc1ccc(CS(=O)(=O)N2CCOCC2)cc1. The van der Waals surface area contributed by atoms with Crippen LogP contribution >= 0.6 is 0 Å². The molecular weight excluding hydrogens is 264 g/mol. The summed E-state index contributed by atoms with van der Waals surface area (Å²) in [5.74, 6) is 0.0623. The quantitative estimate of drug-likeness (QED) is 0.859. The molecule has 1 aliphatic heterocycles. The summed E-state index contributed by atoms with van der Waals surface area (Å²) in [5.41, 5.74) is 1.97. The van der Waals surface area contributed by atoms with Crippen LogP contribution in [-0.4, -0.2) is 46.1 Å². The van der Waals surface area contributed by atoms with Gasteiger partial charge in [-0.05, 0) is 18.2 Å². The number of nitrogens with one attached hydrogen (secondary N) is 1. The van der Waals surface area contributed by atoms with Crippen LogP contribution in [0.3, 0.4) is 0 Å². The fraction of sp³-hybridized carbons (Fsp3) is 0.538. The Kier molecular flexibility index (Phi) is 4.93. The van der Waals surface area contributed by atoms with E-state index in [0.29, 0.717) is 26.3 Å². The smallest absolute Gasteiger partial charge is 0.218 e. The van der Waals surface area contributed by atoms with Crippen LogP contribution in [0.4, 0.5) is 0 Å². The zero-order valence-corrected chi connectivity index (χ0v) is 11.9. The third-order valence-corrected chi connectivity index (χ3v) is 4.97. The Morgan fingerprint density at radius 2 is 1.74 bits per heavy atom. The summed E-state index contributed by atoms with van der Waals surface area (Å²) in [5, 5.41) is 3.06. The predicted octanol–water partition coefficient (Wildman–Crippen LogP) is 0.568. The van der Waals surface area contributed by atoms with Gasteiger partial charge < -0.3 is 10.1 Å². The van der Waals surface area contributed by atoms with Crippen LogP contribution in [0.5, 0.6) is 0 Å². The molecule has 0 aromatic heterocycles. The Morgan fingerprint density at radius 3 is 2.32 bits per heavy atom. The molecule has 0 unspecified atom stereocenters. The Bertz CT molecular complexity index is 493. The Hall–Kier alpha value is -0.950. The summed E-state index contributed by atoms with van der Waals surface area (Å²) in [4.78, 5) is 0. The molecule has 0 spiro atoms. The van der Waals surface area contributed by atoms with Crippen LogP contribution in [0.1, 0.15) is 11.1 Å². The third-order valence-electron chi connectivity index (χ3n) is 3.12. The number of nitrogens with zero attached hydrogens (tertiary/aromatic N) is 1. The first kappa shape index (κ1) is 14.5. The number of sulfonamides is 1. The van der Waals surface area contributed by atoms with Crippen molar-refractivity contribution in [2.24, 2.45) is 0 Å². The summed E-state index contributed by atoms with van der Waals surface area (Å²) < 4.78 is 31.1. The first-order valence-electron chi connectivity index (χ1n) is 6.40. The fourth-order valence-corrected chi connectivity index (χ4v) is 3.59. The number of rotatable bonds is 5. The first-order chi connectivity index (χ1) is 9.12. The molecule has 0 radical (unpaired) electrons. The maximum absolute atomic E-state index is 12.2. The second kappa shape index (κ2) is 6.47. The van der Waals surface area contributed by atoms with Gasteiger partial charge >= 0.3 is 0 Å². The van der Waals surface area contributed by atoms with E-state index in [4.69, 9.17) is 4.74 Å². The van der Waals surface area contributed by atoms with E-state index in [9.17, 15) is 8.42 Å². The highest BCUT2D eigenvalue weighted by molar-refractivity contribution is 7.88. The van der Waals surface area contributed by atoms with Crippen LogP contribution < -0.4 is 5.32 Å². The number of ether oxygens (including phenoxy) is 1. The fourth-order valence-electron chi connectivity index (χ4n) is 2.08. The van der Waals surface area contributed by atoms with Gasteiger partial charge in [-0.25, -0.2) is 8.42 Å². The van der Waals surface area contributed by atoms with E-state index in [0.717, 1.165) is 17.7 Å². The molecule has 6 heteroatoms. The molecule has 1 fully saturated rings. The van der Waals surface area contributed by atoms with Crippen LogP contribution in [0.15, 0.2) is 24.3 Å². The minimum Gasteiger partial charge on any atom is -0.379 e. The third kappa shape index (κ3) is 4.01. The van der Waals surface area contributed by atoms with Crippen molar-refractivity contribution in [3.63, 3.8) is 0 Å². The van der Waals surface area contributed by atoms with Crippen LogP contribution in [-0.2, 0) is 27.1 Å². The lowest BCUT2D eigenvalue weighted by Gasteiger charge is -2.26. The van der Waals surface area contributed by atoms with Gasteiger partial charge in [-0.15, -0.1) is 0 Å². The van der Waals surface area contributed by atoms with Crippen molar-refractivity contribution in [1.29, 1.82) is 0 Å². The highest BCUT2D eigenvalue weighted by atomic mass is 32.2. The molecule has 0 bridgehead atoms. The van der Waals surface area contributed by atoms with E-state index in [1.807, 2.05) is 31.3 Å². The van der Waals surface area contributed by atoms with Gasteiger partial charge in [-0.3, -0.25) is 0 Å². The highest BCUT2D eigenvalue weighted by Crippen LogP contribution is 2.13. The van der Waals surface area contributed by atoms with E-state index in [2.05, 4.69) is 5.32 Å². The second-order valence-corrected chi connectivity index (χ2v) is 6.58. The topological polar surface area (TPSA) is 58.6 Å². The Balaban J connectivity index is 2.02. The van der Waals surface area contributed by atoms with Crippen molar-refractivity contribution in [3.8, 4) is 0 Å². The van der Waals surface area contributed by atoms with Gasteiger partial charge in [-0.1, -0.05) is 24.3 Å². The lowest BCUT2D eigenvalue weighted by atomic mass is 10.1. The maximum atomic E-state index is 12.2. The zero-order valence-electron chi connectivity index (χ0n) is 11.1. The molecule has 0 atom stereocenters. The van der Waals surface area contributed by atoms with E-state index in [-0.39, 0.29) is 5.75 Å². The van der Waals surface area contributed by atoms with Crippen molar-refractivity contribution in [1.82, 2.24) is 9.62 Å². The van der Waals surface area contributed by atoms with Gasteiger partial charge in [0.05, 0.1) is 19.0 Å². The molecule has 1 aromatic carbocycles. The molecule has 0 amide bonds. The van der Waals surface area contributed by atoms with Gasteiger partial charge in [0.15, 0.2) is 0 Å². The molecule has 1 heterocycles. The molecular formula is C13H20N2O3S. The van der Waals surface area contributed by atoms with Crippen molar-refractivity contribution < 1.29 is 13.2 Å². The molecule has 1 saturated heterocycles. The summed E-state index contributed by atoms with van der Waals surface area (Å²) in [6.07, 6.45) is 0. The van der Waals surface area contributed by atoms with Crippen LogP contribution in [0, 0.1) is 0 Å². The van der Waals surface area contributed by atoms with E-state index < -0.39 is 10.0 Å². The molecule has 5 nitrogen and oxygen atoms in total. The average Bonchev–Trinajstić information content (AvgIpc) is 2.42. The number of morpholine rings is 1. The molecule has 1 aliphatic rings. The minimum atomic E-state index is -3.22. The van der Waals surface area contributed by atoms with E-state index in [1.165, 1.54) is 4.31 Å². The largest absolute Gasteiger partial charge is 0.379 e. The van der Waals surface area contributed by atoms with E-state index >= 15 is 0 Å². The van der Waals surface area contributed by atoms with Gasteiger partial charge in [0.1, 0.15) is 0 Å². The molecule has 19 heavy (non-hydrogen) atoms. The number of hydrogen-bond donors (Lipinski definition) is 1. The Morgan fingerprint density at radius 1 is 1.16 bits per heavy atom. The van der Waals surface area contributed by atoms with Crippen molar-refractivity contribution in [2.75, 3.05) is 33.4 Å². The molecule has 106 valence electrons. The lowest BCUT2D eigenvalue weighted by Crippen LogP contribution is -2.41. The monoisotopic (exact) mass is 284 g/mol. The van der Waals surface area contributed by atoms with Crippen molar-refractivity contribution in [3.05, 3.63) is 35.4 Å². The van der Waals surface area contributed by atoms with Gasteiger partial charge in [0.25, 0.3) is 0 Å². The maximum Gasteiger partial charge on any atom is 0.218 e. The first-order valence-corrected chi connectivity index (χ1v) is 8.01. The van der Waals surface area contributed by atoms with Gasteiger partial charge in [-0.2, -0.15) is 4.31 Å². The minimum absolute atomic E-state index is 0.0623. The predicted molar refractivity (Wildman–Crippen MR) is 74.2 cm³/mol. The van der Waals surface area contributed by atoms with Crippen molar-refractivity contribution >= 4 is 10.0 Å². The number of hydrogen-bond acceptors (Lipinski definition) is 4. The van der Waals surface area contributed by atoms with Crippen LogP contribution in [0.25, 0.3) is 0 Å². The molecule has 1 aromatic rings. The summed E-state index contributed by atoms with van der Waals surface area (Å²) >= 11 is 0. The summed E-state index contributed by atoms with van der Waals surface area (Å²) in [6.45, 7) is 2.68. The molecule has 2 rings (SSSR count). The zero-order chi connectivity index (χ0) is 13.7. The number of benzene rings is 1. The summed E-state index contributed by atoms with van der Waals surface area (Å²) in [7, 11) is -1.34. The Labute approximate surface area is 114 Å². The summed E-state index contributed by atoms with van der Waals surface area (Å²) in [6, 6.07) is 7.68. The van der Waals surface area contributed by atoms with Gasteiger partial charge in [0.2, 0.25) is 10.0 Å². The highest BCUT2D eigenvalue weighted by Gasteiger charge is 2.24. The van der Waals surface area contributed by atoms with Crippen LogP contribution in [0.2, 0.25) is 0 Å². The normalized spacial score (nSPS) is 17.5. The second-order valence-electron chi connectivity index (χ2n) is 4.61. The van der Waals surface area contributed by atoms with Gasteiger partial charge in [0, 0.05) is 19.6 Å². The molecule has 1 N–H and O–H groups in total.